The van der Waals surface area contributed by atoms with E-state index in [4.69, 9.17) is 9.53 Å². The van der Waals surface area contributed by atoms with E-state index < -0.39 is 0 Å². The summed E-state index contributed by atoms with van der Waals surface area (Å²) in [6.45, 7) is 0. The Morgan fingerprint density at radius 3 is 1.11 bits per heavy atom. The summed E-state index contributed by atoms with van der Waals surface area (Å²) in [6, 6.07) is 0. The summed E-state index contributed by atoms with van der Waals surface area (Å²) < 4.78 is 0. The van der Waals surface area contributed by atoms with Crippen LogP contribution in [0.1, 0.15) is 77.0 Å². The fourth-order valence-electron chi connectivity index (χ4n) is 4.50. The number of rotatable bonds is 3. The van der Waals surface area contributed by atoms with E-state index in [9.17, 15) is 0 Å². The summed E-state index contributed by atoms with van der Waals surface area (Å²) in [4.78, 5) is 0. The van der Waals surface area contributed by atoms with Gasteiger partial charge >= 0.3 is 31.9 Å². The number of hydrogen-bond donors (Lipinski definition) is 0. The predicted molar refractivity (Wildman–Crippen MR) is 85.4 cm³/mol. The average molecular weight is 395 g/mol. The minimum atomic E-state index is 0.422. The molecular formula is C16H30ClPPd. The summed E-state index contributed by atoms with van der Waals surface area (Å²) in [5, 5.41) is 1.94. The first-order valence-corrected chi connectivity index (χ1v) is 13.3. The van der Waals surface area contributed by atoms with E-state index in [2.05, 4.69) is 0 Å². The Morgan fingerprint density at radius 2 is 0.895 bits per heavy atom. The molecule has 0 aliphatic heterocycles. The predicted octanol–water partition coefficient (Wildman–Crippen LogP) is 6.57. The molecular weight excluding hydrogens is 365 g/mol. The molecule has 3 fully saturated rings. The third-order valence-corrected chi connectivity index (χ3v) is 9.32. The van der Waals surface area contributed by atoms with Crippen LogP contribution in [0.3, 0.4) is 0 Å². The van der Waals surface area contributed by atoms with Crippen molar-refractivity contribution in [3.8, 4) is 0 Å². The zero-order chi connectivity index (χ0) is 13.5. The molecule has 0 N–H and O–H groups in total. The molecule has 116 valence electrons. The second-order valence-corrected chi connectivity index (χ2v) is 11.5. The summed E-state index contributed by atoms with van der Waals surface area (Å²) >= 11 is 0.422. The van der Waals surface area contributed by atoms with Crippen LogP contribution in [0.15, 0.2) is 0 Å². The first-order chi connectivity index (χ1) is 9.36. The molecule has 0 nitrogen and oxygen atoms in total. The summed E-state index contributed by atoms with van der Waals surface area (Å²) in [5.74, 6) is 0. The molecule has 3 rings (SSSR count). The molecule has 0 heterocycles. The quantitative estimate of drug-likeness (QED) is 0.375. The fourth-order valence-corrected chi connectivity index (χ4v) is 9.17. The first kappa shape index (κ1) is 16.7. The SMILES string of the molecule is C1CCC(P(C2CCCC2)C2CCCC2)C1.[CH3][Pd][Cl]. The molecule has 0 unspecified atom stereocenters. The normalized spacial score (nSPS) is 26.3. The molecule has 0 radical (unpaired) electrons. The Hall–Kier alpha value is 1.38. The Labute approximate surface area is 133 Å². The molecule has 0 bridgehead atoms. The van der Waals surface area contributed by atoms with Gasteiger partial charge in [-0.3, -0.25) is 0 Å². The van der Waals surface area contributed by atoms with Crippen LogP contribution in [0.25, 0.3) is 0 Å². The van der Waals surface area contributed by atoms with Gasteiger partial charge in [0.15, 0.2) is 0 Å². The van der Waals surface area contributed by atoms with E-state index in [1.807, 2.05) is 5.40 Å². The van der Waals surface area contributed by atoms with Gasteiger partial charge in [-0.15, -0.1) is 0 Å². The van der Waals surface area contributed by atoms with E-state index >= 15 is 0 Å². The van der Waals surface area contributed by atoms with E-state index in [1.54, 1.807) is 77.0 Å². The third kappa shape index (κ3) is 4.95. The fraction of sp³-hybridized carbons (Fsp3) is 1.00. The van der Waals surface area contributed by atoms with Crippen LogP contribution in [-0.4, -0.2) is 17.0 Å². The molecule has 0 aromatic carbocycles. The van der Waals surface area contributed by atoms with Gasteiger partial charge in [0.05, 0.1) is 0 Å². The van der Waals surface area contributed by atoms with Crippen LogP contribution >= 0.6 is 17.5 Å². The van der Waals surface area contributed by atoms with Crippen LogP contribution in [0.2, 0.25) is 5.40 Å². The van der Waals surface area contributed by atoms with Crippen LogP contribution in [-0.2, 0) is 17.0 Å². The summed E-state index contributed by atoms with van der Waals surface area (Å²) in [6.07, 6.45) is 19.0. The molecule has 3 aliphatic carbocycles. The summed E-state index contributed by atoms with van der Waals surface area (Å²) in [7, 11) is 5.48. The average Bonchev–Trinajstić information content (AvgIpc) is 3.15. The van der Waals surface area contributed by atoms with Crippen molar-refractivity contribution in [3.05, 3.63) is 0 Å². The Kier molecular flexibility index (Phi) is 8.29. The van der Waals surface area contributed by atoms with Gasteiger partial charge in [0.25, 0.3) is 0 Å². The van der Waals surface area contributed by atoms with Gasteiger partial charge in [-0.1, -0.05) is 46.4 Å². The monoisotopic (exact) mass is 394 g/mol. The van der Waals surface area contributed by atoms with E-state index in [-0.39, 0.29) is 0 Å². The van der Waals surface area contributed by atoms with Gasteiger partial charge < -0.3 is 0 Å². The van der Waals surface area contributed by atoms with Crippen molar-refractivity contribution in [2.75, 3.05) is 0 Å². The Morgan fingerprint density at radius 1 is 0.684 bits per heavy atom. The Balaban J connectivity index is 0.000000408. The molecule has 0 aromatic heterocycles. The molecule has 0 saturated heterocycles. The number of halogens is 1. The molecule has 3 saturated carbocycles. The van der Waals surface area contributed by atoms with Crippen molar-refractivity contribution in [2.45, 2.75) is 99.4 Å². The summed E-state index contributed by atoms with van der Waals surface area (Å²) in [5.41, 5.74) is 3.63. The molecule has 0 atom stereocenters. The van der Waals surface area contributed by atoms with Crippen molar-refractivity contribution in [3.63, 3.8) is 0 Å². The molecule has 3 aliphatic rings. The van der Waals surface area contributed by atoms with Gasteiger partial charge in [0.2, 0.25) is 0 Å². The number of hydrogen-bond acceptors (Lipinski definition) is 0. The van der Waals surface area contributed by atoms with Gasteiger partial charge in [-0.2, -0.15) is 0 Å². The van der Waals surface area contributed by atoms with Crippen LogP contribution < -0.4 is 0 Å². The van der Waals surface area contributed by atoms with Gasteiger partial charge in [-0.05, 0) is 55.5 Å². The minimum absolute atomic E-state index is 0.422. The van der Waals surface area contributed by atoms with Gasteiger partial charge in [-0.25, -0.2) is 0 Å². The van der Waals surface area contributed by atoms with Crippen molar-refractivity contribution >= 4 is 17.5 Å². The van der Waals surface area contributed by atoms with Crippen LogP contribution in [0.5, 0.6) is 0 Å². The topological polar surface area (TPSA) is 0 Å². The zero-order valence-corrected chi connectivity index (χ0v) is 15.6. The van der Waals surface area contributed by atoms with Gasteiger partial charge in [0.1, 0.15) is 0 Å². The Bertz CT molecular complexity index is 193. The third-order valence-electron chi connectivity index (χ3n) is 5.24. The standard InChI is InChI=1S/C15H27P.CH3.ClH.Pd/c1-2-8-13(7-1)16(14-9-3-4-10-14)15-11-5-6-12-15;;;/h13-15H,1-12H2;1H3;1H;/q;;;+1/p-1. The first-order valence-electron chi connectivity index (χ1n) is 8.16. The molecule has 19 heavy (non-hydrogen) atoms. The maximum absolute atomic E-state index is 5.05. The van der Waals surface area contributed by atoms with E-state index in [1.165, 1.54) is 17.0 Å². The van der Waals surface area contributed by atoms with E-state index in [0.717, 1.165) is 0 Å². The molecule has 3 heteroatoms. The molecule has 0 aromatic rings. The van der Waals surface area contributed by atoms with Gasteiger partial charge in [0, 0.05) is 0 Å². The second-order valence-electron chi connectivity index (χ2n) is 6.38. The molecule has 0 spiro atoms. The van der Waals surface area contributed by atoms with Crippen LogP contribution in [0, 0.1) is 0 Å². The van der Waals surface area contributed by atoms with E-state index in [0.29, 0.717) is 24.9 Å². The van der Waals surface area contributed by atoms with Crippen molar-refractivity contribution in [1.82, 2.24) is 0 Å². The maximum atomic E-state index is 5.05. The second kappa shape index (κ2) is 9.41. The zero-order valence-electron chi connectivity index (χ0n) is 12.4. The van der Waals surface area contributed by atoms with Crippen LogP contribution in [0.4, 0.5) is 0 Å². The molecule has 0 amide bonds. The van der Waals surface area contributed by atoms with Crippen molar-refractivity contribution < 1.29 is 17.0 Å². The van der Waals surface area contributed by atoms with Crippen molar-refractivity contribution in [1.29, 1.82) is 0 Å². The van der Waals surface area contributed by atoms with Crippen molar-refractivity contribution in [2.24, 2.45) is 0 Å².